The number of hydrogen-bond donors (Lipinski definition) is 2. The van der Waals surface area contributed by atoms with E-state index >= 15 is 0 Å². The van der Waals surface area contributed by atoms with Gasteiger partial charge < -0.3 is 15.5 Å². The Morgan fingerprint density at radius 2 is 1.46 bits per heavy atom. The van der Waals surface area contributed by atoms with E-state index in [-0.39, 0.29) is 18.2 Å². The first-order valence-corrected chi connectivity index (χ1v) is 8.83. The second-order valence-electron chi connectivity index (χ2n) is 6.59. The number of rotatable bonds is 9. The van der Waals surface area contributed by atoms with Gasteiger partial charge in [-0.3, -0.25) is 9.59 Å². The molecule has 0 fully saturated rings. The van der Waals surface area contributed by atoms with E-state index in [1.165, 1.54) is 5.56 Å². The molecular formula is C21H27N3O2. The van der Waals surface area contributed by atoms with Crippen LogP contribution in [0, 0.1) is 0 Å². The van der Waals surface area contributed by atoms with Crippen LogP contribution in [0.2, 0.25) is 0 Å². The summed E-state index contributed by atoms with van der Waals surface area (Å²) < 4.78 is 0. The van der Waals surface area contributed by atoms with Crippen molar-refractivity contribution in [2.45, 2.75) is 25.9 Å². The number of benzene rings is 2. The largest absolute Gasteiger partial charge is 0.355 e. The maximum absolute atomic E-state index is 11.9. The van der Waals surface area contributed by atoms with Gasteiger partial charge in [0.05, 0.1) is 6.42 Å². The molecule has 0 radical (unpaired) electrons. The van der Waals surface area contributed by atoms with Crippen LogP contribution in [0.25, 0.3) is 0 Å². The van der Waals surface area contributed by atoms with Gasteiger partial charge in [0, 0.05) is 26.1 Å². The molecule has 0 bridgehead atoms. The van der Waals surface area contributed by atoms with Gasteiger partial charge in [0.25, 0.3) is 0 Å². The monoisotopic (exact) mass is 353 g/mol. The van der Waals surface area contributed by atoms with Gasteiger partial charge in [0.15, 0.2) is 0 Å². The van der Waals surface area contributed by atoms with Crippen molar-refractivity contribution in [2.24, 2.45) is 0 Å². The molecule has 2 aromatic rings. The fourth-order valence-corrected chi connectivity index (χ4v) is 2.58. The molecule has 0 aliphatic rings. The summed E-state index contributed by atoms with van der Waals surface area (Å²) in [4.78, 5) is 25.8. The van der Waals surface area contributed by atoms with Crippen molar-refractivity contribution in [3.05, 3.63) is 71.3 Å². The van der Waals surface area contributed by atoms with Gasteiger partial charge in [0.2, 0.25) is 11.8 Å². The van der Waals surface area contributed by atoms with Crippen LogP contribution in [-0.2, 0) is 29.1 Å². The lowest BCUT2D eigenvalue weighted by atomic mass is 10.1. The molecule has 5 nitrogen and oxygen atoms in total. The quantitative estimate of drug-likeness (QED) is 0.726. The summed E-state index contributed by atoms with van der Waals surface area (Å²) in [5.74, 6) is -0.136. The van der Waals surface area contributed by atoms with Crippen LogP contribution < -0.4 is 10.6 Å². The first-order chi connectivity index (χ1) is 12.5. The molecule has 0 spiro atoms. The average molecular weight is 353 g/mol. The fourth-order valence-electron chi connectivity index (χ4n) is 2.58. The molecule has 0 atom stereocenters. The molecule has 2 amide bonds. The molecule has 2 rings (SSSR count). The number of hydrogen-bond acceptors (Lipinski definition) is 3. The second kappa shape index (κ2) is 10.4. The van der Waals surface area contributed by atoms with Crippen LogP contribution >= 0.6 is 0 Å². The number of carbonyl (C=O) groups is 2. The van der Waals surface area contributed by atoms with E-state index < -0.39 is 0 Å². The molecule has 0 saturated heterocycles. The lowest BCUT2D eigenvalue weighted by Crippen LogP contribution is -2.31. The van der Waals surface area contributed by atoms with E-state index in [9.17, 15) is 9.59 Å². The van der Waals surface area contributed by atoms with E-state index in [1.807, 2.05) is 56.6 Å². The Kier molecular flexibility index (Phi) is 7.83. The minimum absolute atomic E-state index is 0.0672. The minimum Gasteiger partial charge on any atom is -0.355 e. The second-order valence-corrected chi connectivity index (χ2v) is 6.59. The predicted octanol–water partition coefficient (Wildman–Crippen LogP) is 2.11. The van der Waals surface area contributed by atoms with Crippen molar-refractivity contribution >= 4 is 11.8 Å². The van der Waals surface area contributed by atoms with Crippen LogP contribution in [0.1, 0.15) is 23.1 Å². The third-order valence-corrected chi connectivity index (χ3v) is 3.89. The van der Waals surface area contributed by atoms with E-state index in [2.05, 4.69) is 27.7 Å². The Hall–Kier alpha value is -2.66. The molecule has 138 valence electrons. The average Bonchev–Trinajstić information content (AvgIpc) is 2.61. The number of carbonyl (C=O) groups excluding carboxylic acids is 2. The lowest BCUT2D eigenvalue weighted by Gasteiger charge is -2.10. The number of nitrogens with one attached hydrogen (secondary N) is 2. The van der Waals surface area contributed by atoms with Crippen molar-refractivity contribution in [3.8, 4) is 0 Å². The molecule has 26 heavy (non-hydrogen) atoms. The normalized spacial score (nSPS) is 10.6. The Balaban J connectivity index is 1.63. The van der Waals surface area contributed by atoms with Gasteiger partial charge in [-0.15, -0.1) is 0 Å². The molecule has 5 heteroatoms. The van der Waals surface area contributed by atoms with Crippen LogP contribution in [0.5, 0.6) is 0 Å². The zero-order valence-electron chi connectivity index (χ0n) is 15.5. The van der Waals surface area contributed by atoms with Crippen LogP contribution in [0.15, 0.2) is 54.6 Å². The third-order valence-electron chi connectivity index (χ3n) is 3.89. The molecule has 0 aliphatic heterocycles. The van der Waals surface area contributed by atoms with Crippen molar-refractivity contribution in [1.82, 2.24) is 15.5 Å². The first kappa shape index (κ1) is 19.7. The van der Waals surface area contributed by atoms with Gasteiger partial charge >= 0.3 is 0 Å². The summed E-state index contributed by atoms with van der Waals surface area (Å²) in [6.07, 6.45) is 0.612. The molecule has 2 N–H and O–H groups in total. The maximum atomic E-state index is 11.9. The van der Waals surface area contributed by atoms with Gasteiger partial charge in [-0.2, -0.15) is 0 Å². The Morgan fingerprint density at radius 1 is 0.808 bits per heavy atom. The molecule has 0 heterocycles. The summed E-state index contributed by atoms with van der Waals surface area (Å²) in [7, 11) is 4.07. The zero-order chi connectivity index (χ0) is 18.8. The smallest absolute Gasteiger partial charge is 0.224 e. The highest BCUT2D eigenvalue weighted by Crippen LogP contribution is 2.06. The third kappa shape index (κ3) is 7.49. The Bertz CT molecular complexity index is 697. The highest BCUT2D eigenvalue weighted by molar-refractivity contribution is 5.80. The summed E-state index contributed by atoms with van der Waals surface area (Å²) >= 11 is 0. The van der Waals surface area contributed by atoms with Crippen LogP contribution in [0.4, 0.5) is 0 Å². The van der Waals surface area contributed by atoms with Crippen LogP contribution in [0.3, 0.4) is 0 Å². The van der Waals surface area contributed by atoms with Gasteiger partial charge in [-0.05, 0) is 30.8 Å². The highest BCUT2D eigenvalue weighted by Gasteiger charge is 2.05. The van der Waals surface area contributed by atoms with Crippen molar-refractivity contribution in [1.29, 1.82) is 0 Å². The summed E-state index contributed by atoms with van der Waals surface area (Å²) in [5.41, 5.74) is 3.27. The number of nitrogens with zero attached hydrogens (tertiary/aromatic N) is 1. The zero-order valence-corrected chi connectivity index (χ0v) is 15.5. The van der Waals surface area contributed by atoms with E-state index in [0.29, 0.717) is 19.5 Å². The van der Waals surface area contributed by atoms with E-state index in [1.54, 1.807) is 0 Å². The fraction of sp³-hybridized carbons (Fsp3) is 0.333. The van der Waals surface area contributed by atoms with Crippen molar-refractivity contribution in [2.75, 3.05) is 20.6 Å². The predicted molar refractivity (Wildman–Crippen MR) is 103 cm³/mol. The molecule has 0 aliphatic carbocycles. The summed E-state index contributed by atoms with van der Waals surface area (Å²) in [6.45, 7) is 1.74. The Labute approximate surface area is 155 Å². The standard InChI is InChI=1S/C21H27N3O2/c1-24(2)16-19-10-8-18(9-11-19)15-23-20(25)12-13-22-21(26)14-17-6-4-3-5-7-17/h3-11H,12-16H2,1-2H3,(H,22,26)(H,23,25). The first-order valence-electron chi connectivity index (χ1n) is 8.83. The lowest BCUT2D eigenvalue weighted by molar-refractivity contribution is -0.122. The van der Waals surface area contributed by atoms with Crippen molar-refractivity contribution < 1.29 is 9.59 Å². The molecule has 0 saturated carbocycles. The topological polar surface area (TPSA) is 61.4 Å². The molecule has 2 aromatic carbocycles. The Morgan fingerprint density at radius 3 is 2.12 bits per heavy atom. The molecule has 0 aromatic heterocycles. The molecular weight excluding hydrogens is 326 g/mol. The van der Waals surface area contributed by atoms with E-state index in [4.69, 9.17) is 0 Å². The maximum Gasteiger partial charge on any atom is 0.224 e. The number of amides is 2. The van der Waals surface area contributed by atoms with Gasteiger partial charge in [-0.1, -0.05) is 54.6 Å². The minimum atomic E-state index is -0.0690. The summed E-state index contributed by atoms with van der Waals surface area (Å²) in [5, 5.41) is 5.66. The van der Waals surface area contributed by atoms with Crippen molar-refractivity contribution in [3.63, 3.8) is 0 Å². The summed E-state index contributed by atoms with van der Waals surface area (Å²) in [6, 6.07) is 17.8. The van der Waals surface area contributed by atoms with Crippen LogP contribution in [-0.4, -0.2) is 37.4 Å². The molecule has 0 unspecified atom stereocenters. The van der Waals surface area contributed by atoms with Gasteiger partial charge in [-0.25, -0.2) is 0 Å². The SMILES string of the molecule is CN(C)Cc1ccc(CNC(=O)CCNC(=O)Cc2ccccc2)cc1. The van der Waals surface area contributed by atoms with Gasteiger partial charge in [0.1, 0.15) is 0 Å². The van der Waals surface area contributed by atoms with E-state index in [0.717, 1.165) is 17.7 Å². The highest BCUT2D eigenvalue weighted by atomic mass is 16.2.